The van der Waals surface area contributed by atoms with E-state index in [1.165, 1.54) is 41.5 Å². The van der Waals surface area contributed by atoms with Gasteiger partial charge in [0.15, 0.2) is 0 Å². The lowest BCUT2D eigenvalue weighted by atomic mass is 9.89. The van der Waals surface area contributed by atoms with Crippen LogP contribution in [0.4, 0.5) is 0 Å². The van der Waals surface area contributed by atoms with Gasteiger partial charge in [-0.2, -0.15) is 0 Å². The number of nitrogens with zero attached hydrogens (tertiary/aromatic N) is 1. The Bertz CT molecular complexity index is 452. The minimum Gasteiger partial charge on any atom is -0.371 e. The van der Waals surface area contributed by atoms with Crippen molar-refractivity contribution in [2.45, 2.75) is 24.9 Å². The maximum atomic E-state index is 5.83. The Morgan fingerprint density at radius 1 is 1.30 bits per heavy atom. The van der Waals surface area contributed by atoms with Gasteiger partial charge in [-0.15, -0.1) is 0 Å². The van der Waals surface area contributed by atoms with Crippen molar-refractivity contribution in [3.8, 4) is 0 Å². The van der Waals surface area contributed by atoms with Crippen molar-refractivity contribution in [1.82, 2.24) is 10.2 Å². The summed E-state index contributed by atoms with van der Waals surface area (Å²) in [4.78, 5) is 2.42. The molecule has 0 amide bonds. The van der Waals surface area contributed by atoms with Crippen LogP contribution in [0.25, 0.3) is 0 Å². The second-order valence-electron chi connectivity index (χ2n) is 5.92. The van der Waals surface area contributed by atoms with Crippen LogP contribution in [0.3, 0.4) is 0 Å². The maximum Gasteiger partial charge on any atom is 0.0950 e. The molecule has 0 aromatic heterocycles. The molecule has 0 bridgehead atoms. The first kappa shape index (κ1) is 14.5. The third kappa shape index (κ3) is 3.25. The van der Waals surface area contributed by atoms with Gasteiger partial charge in [0.1, 0.15) is 0 Å². The highest BCUT2D eigenvalue weighted by molar-refractivity contribution is 9.10. The van der Waals surface area contributed by atoms with E-state index in [9.17, 15) is 0 Å². The summed E-state index contributed by atoms with van der Waals surface area (Å²) in [5, 5.41) is 3.39. The number of hydrogen-bond acceptors (Lipinski definition) is 3. The van der Waals surface area contributed by atoms with Gasteiger partial charge in [0.05, 0.1) is 12.7 Å². The number of benzene rings is 1. The number of morpholine rings is 1. The van der Waals surface area contributed by atoms with E-state index in [0.717, 1.165) is 19.7 Å². The van der Waals surface area contributed by atoms with Gasteiger partial charge in [0.2, 0.25) is 0 Å². The first-order chi connectivity index (χ1) is 9.74. The molecule has 3 rings (SSSR count). The summed E-state index contributed by atoms with van der Waals surface area (Å²) in [5.74, 6) is 0.694. The topological polar surface area (TPSA) is 24.5 Å². The van der Waals surface area contributed by atoms with Crippen molar-refractivity contribution < 1.29 is 4.74 Å². The first-order valence-corrected chi connectivity index (χ1v) is 8.33. The van der Waals surface area contributed by atoms with Crippen molar-refractivity contribution in [1.29, 1.82) is 0 Å². The van der Waals surface area contributed by atoms with Crippen LogP contribution in [-0.2, 0) is 4.74 Å². The van der Waals surface area contributed by atoms with Gasteiger partial charge in [0, 0.05) is 17.6 Å². The van der Waals surface area contributed by atoms with Gasteiger partial charge in [-0.3, -0.25) is 0 Å². The highest BCUT2D eigenvalue weighted by atomic mass is 79.9. The zero-order valence-electron chi connectivity index (χ0n) is 12.1. The van der Waals surface area contributed by atoms with Crippen LogP contribution < -0.4 is 5.32 Å². The molecule has 1 aromatic carbocycles. The zero-order valence-corrected chi connectivity index (χ0v) is 13.7. The molecule has 2 saturated heterocycles. The van der Waals surface area contributed by atoms with Crippen molar-refractivity contribution in [2.24, 2.45) is 0 Å². The molecule has 3 nitrogen and oxygen atoms in total. The third-order valence-electron chi connectivity index (χ3n) is 4.48. The molecule has 20 heavy (non-hydrogen) atoms. The van der Waals surface area contributed by atoms with Crippen LogP contribution in [0.2, 0.25) is 0 Å². The van der Waals surface area contributed by atoms with E-state index in [1.807, 2.05) is 0 Å². The Morgan fingerprint density at radius 2 is 2.10 bits per heavy atom. The highest BCUT2D eigenvalue weighted by Crippen LogP contribution is 2.34. The molecule has 2 aliphatic heterocycles. The molecule has 2 aliphatic rings. The highest BCUT2D eigenvalue weighted by Gasteiger charge is 2.22. The molecule has 110 valence electrons. The molecular formula is C16H23BrN2O. The normalized spacial score (nSPS) is 25.8. The van der Waals surface area contributed by atoms with Gasteiger partial charge in [-0.1, -0.05) is 28.1 Å². The number of nitrogens with one attached hydrogen (secondary N) is 1. The molecule has 0 aliphatic carbocycles. The summed E-state index contributed by atoms with van der Waals surface area (Å²) < 4.78 is 7.08. The monoisotopic (exact) mass is 338 g/mol. The number of ether oxygens (including phenoxy) is 1. The predicted molar refractivity (Wildman–Crippen MR) is 85.2 cm³/mol. The number of piperidine rings is 1. The van der Waals surface area contributed by atoms with E-state index < -0.39 is 0 Å². The molecule has 0 saturated carbocycles. The summed E-state index contributed by atoms with van der Waals surface area (Å²) in [7, 11) is 2.21. The quantitative estimate of drug-likeness (QED) is 0.897. The summed E-state index contributed by atoms with van der Waals surface area (Å²) in [6.07, 6.45) is 2.72. The molecule has 1 atom stereocenters. The van der Waals surface area contributed by atoms with Crippen LogP contribution >= 0.6 is 15.9 Å². The molecule has 2 fully saturated rings. The maximum absolute atomic E-state index is 5.83. The van der Waals surface area contributed by atoms with Gasteiger partial charge in [-0.05, 0) is 56.1 Å². The fourth-order valence-electron chi connectivity index (χ4n) is 3.17. The summed E-state index contributed by atoms with van der Waals surface area (Å²) >= 11 is 3.77. The van der Waals surface area contributed by atoms with E-state index in [2.05, 4.69) is 51.4 Å². The fourth-order valence-corrected chi connectivity index (χ4v) is 3.89. The standard InChI is InChI=1S/C16H23BrN2O/c1-19-7-4-12(5-8-19)14-3-2-13(10-15(14)17)16-11-18-6-9-20-16/h2-3,10,12,16,18H,4-9,11H2,1H3. The Balaban J connectivity index is 1.73. The fraction of sp³-hybridized carbons (Fsp3) is 0.625. The Kier molecular flexibility index (Phi) is 4.76. The number of hydrogen-bond donors (Lipinski definition) is 1. The van der Waals surface area contributed by atoms with Gasteiger partial charge >= 0.3 is 0 Å². The number of likely N-dealkylation sites (tertiary alicyclic amines) is 1. The molecule has 0 spiro atoms. The minimum absolute atomic E-state index is 0.201. The Hall–Kier alpha value is -0.420. The summed E-state index contributed by atoms with van der Waals surface area (Å²) in [6, 6.07) is 6.80. The number of halogens is 1. The van der Waals surface area contributed by atoms with E-state index in [1.54, 1.807) is 0 Å². The lowest BCUT2D eigenvalue weighted by Crippen LogP contribution is -2.33. The Morgan fingerprint density at radius 3 is 2.75 bits per heavy atom. The molecule has 2 heterocycles. The van der Waals surface area contributed by atoms with Crippen LogP contribution in [0.5, 0.6) is 0 Å². The Labute approximate surface area is 129 Å². The zero-order chi connectivity index (χ0) is 13.9. The molecule has 1 N–H and O–H groups in total. The van der Waals surface area contributed by atoms with E-state index in [4.69, 9.17) is 4.74 Å². The van der Waals surface area contributed by atoms with Crippen molar-refractivity contribution in [3.63, 3.8) is 0 Å². The predicted octanol–water partition coefficient (Wildman–Crippen LogP) is 2.92. The van der Waals surface area contributed by atoms with Gasteiger partial charge < -0.3 is 15.0 Å². The van der Waals surface area contributed by atoms with Crippen LogP contribution in [0, 0.1) is 0 Å². The largest absolute Gasteiger partial charge is 0.371 e. The van der Waals surface area contributed by atoms with Crippen LogP contribution in [-0.4, -0.2) is 44.7 Å². The van der Waals surface area contributed by atoms with E-state index in [-0.39, 0.29) is 6.10 Å². The van der Waals surface area contributed by atoms with Gasteiger partial charge in [0.25, 0.3) is 0 Å². The molecule has 0 radical (unpaired) electrons. The smallest absolute Gasteiger partial charge is 0.0950 e. The van der Waals surface area contributed by atoms with Gasteiger partial charge in [-0.25, -0.2) is 0 Å². The summed E-state index contributed by atoms with van der Waals surface area (Å²) in [5.41, 5.74) is 2.74. The minimum atomic E-state index is 0.201. The lowest BCUT2D eigenvalue weighted by Gasteiger charge is -2.30. The SMILES string of the molecule is CN1CCC(c2ccc(C3CNCCO3)cc2Br)CC1. The van der Waals surface area contributed by atoms with E-state index >= 15 is 0 Å². The lowest BCUT2D eigenvalue weighted by molar-refractivity contribution is 0.0276. The average molecular weight is 339 g/mol. The number of rotatable bonds is 2. The molecular weight excluding hydrogens is 316 g/mol. The second-order valence-corrected chi connectivity index (χ2v) is 6.78. The summed E-state index contributed by atoms with van der Waals surface area (Å²) in [6.45, 7) is 5.09. The van der Waals surface area contributed by atoms with Crippen molar-refractivity contribution in [3.05, 3.63) is 33.8 Å². The molecule has 1 unspecified atom stereocenters. The third-order valence-corrected chi connectivity index (χ3v) is 5.17. The van der Waals surface area contributed by atoms with Crippen molar-refractivity contribution in [2.75, 3.05) is 39.8 Å². The molecule has 1 aromatic rings. The first-order valence-electron chi connectivity index (χ1n) is 7.54. The van der Waals surface area contributed by atoms with Crippen LogP contribution in [0.15, 0.2) is 22.7 Å². The second kappa shape index (κ2) is 6.56. The van der Waals surface area contributed by atoms with E-state index in [0.29, 0.717) is 5.92 Å². The molecule has 4 heteroatoms. The average Bonchev–Trinajstić information content (AvgIpc) is 2.49. The van der Waals surface area contributed by atoms with Crippen LogP contribution in [0.1, 0.15) is 36.0 Å². The van der Waals surface area contributed by atoms with Crippen molar-refractivity contribution >= 4 is 15.9 Å².